The van der Waals surface area contributed by atoms with Gasteiger partial charge in [-0.25, -0.2) is 4.39 Å². The van der Waals surface area contributed by atoms with Crippen LogP contribution in [0.3, 0.4) is 0 Å². The zero-order chi connectivity index (χ0) is 13.0. The zero-order valence-corrected chi connectivity index (χ0v) is 10.2. The molecule has 0 aliphatic carbocycles. The third kappa shape index (κ3) is 3.31. The smallest absolute Gasteiger partial charge is 0.123 e. The van der Waals surface area contributed by atoms with Crippen LogP contribution < -0.4 is 5.32 Å². The summed E-state index contributed by atoms with van der Waals surface area (Å²) in [4.78, 5) is 0. The van der Waals surface area contributed by atoms with Gasteiger partial charge in [-0.1, -0.05) is 24.3 Å². The van der Waals surface area contributed by atoms with Crippen molar-refractivity contribution in [2.75, 3.05) is 0 Å². The highest BCUT2D eigenvalue weighted by atomic mass is 19.1. The van der Waals surface area contributed by atoms with Gasteiger partial charge in [-0.3, -0.25) is 0 Å². The van der Waals surface area contributed by atoms with Crippen LogP contribution in [0.4, 0.5) is 4.39 Å². The van der Waals surface area contributed by atoms with E-state index in [1.807, 2.05) is 12.1 Å². The number of benzene rings is 2. The summed E-state index contributed by atoms with van der Waals surface area (Å²) in [5, 5.41) is 12.6. The van der Waals surface area contributed by atoms with E-state index in [0.29, 0.717) is 6.54 Å². The van der Waals surface area contributed by atoms with E-state index in [1.165, 1.54) is 12.1 Å². The number of phenols is 1. The van der Waals surface area contributed by atoms with Gasteiger partial charge in [0.05, 0.1) is 0 Å². The molecule has 1 atom stereocenters. The number of phenolic OH excluding ortho intramolecular Hbond substituents is 1. The largest absolute Gasteiger partial charge is 0.508 e. The molecular formula is C15H16FNO. The molecule has 0 heterocycles. The monoisotopic (exact) mass is 245 g/mol. The first-order valence-corrected chi connectivity index (χ1v) is 5.92. The molecule has 0 aliphatic rings. The Bertz CT molecular complexity index is 493. The molecule has 2 N–H and O–H groups in total. The van der Waals surface area contributed by atoms with Crippen LogP contribution >= 0.6 is 0 Å². The lowest BCUT2D eigenvalue weighted by Gasteiger charge is -2.14. The fourth-order valence-electron chi connectivity index (χ4n) is 1.75. The van der Waals surface area contributed by atoms with Crippen molar-refractivity contribution in [3.8, 4) is 5.75 Å². The average molecular weight is 245 g/mol. The summed E-state index contributed by atoms with van der Waals surface area (Å²) in [7, 11) is 0. The standard InChI is InChI=1S/C15H16FNO/c1-11(13-4-8-15(18)9-5-13)17-10-12-2-6-14(16)7-3-12/h2-9,11,17-18H,10H2,1H3. The highest BCUT2D eigenvalue weighted by molar-refractivity contribution is 5.27. The first-order valence-electron chi connectivity index (χ1n) is 5.92. The average Bonchev–Trinajstić information content (AvgIpc) is 2.38. The van der Waals surface area contributed by atoms with Gasteiger partial charge in [0.25, 0.3) is 0 Å². The van der Waals surface area contributed by atoms with E-state index < -0.39 is 0 Å². The van der Waals surface area contributed by atoms with Crippen LogP contribution in [0.15, 0.2) is 48.5 Å². The van der Waals surface area contributed by atoms with Gasteiger partial charge in [0.2, 0.25) is 0 Å². The number of hydrogen-bond acceptors (Lipinski definition) is 2. The van der Waals surface area contributed by atoms with Crippen LogP contribution in [0.1, 0.15) is 24.1 Å². The first-order chi connectivity index (χ1) is 8.65. The molecule has 1 unspecified atom stereocenters. The third-order valence-electron chi connectivity index (χ3n) is 2.92. The van der Waals surface area contributed by atoms with Gasteiger partial charge in [0.15, 0.2) is 0 Å². The number of aromatic hydroxyl groups is 1. The second kappa shape index (κ2) is 5.65. The summed E-state index contributed by atoms with van der Waals surface area (Å²) in [5.74, 6) is 0.0508. The lowest BCUT2D eigenvalue weighted by molar-refractivity contribution is 0.474. The van der Waals surface area contributed by atoms with E-state index in [4.69, 9.17) is 0 Å². The minimum absolute atomic E-state index is 0.177. The Kier molecular flexibility index (Phi) is 3.95. The highest BCUT2D eigenvalue weighted by Gasteiger charge is 2.04. The fourth-order valence-corrected chi connectivity index (χ4v) is 1.75. The molecule has 2 nitrogen and oxygen atoms in total. The Morgan fingerprint density at radius 3 is 2.28 bits per heavy atom. The number of nitrogens with one attached hydrogen (secondary N) is 1. The molecular weight excluding hydrogens is 229 g/mol. The first kappa shape index (κ1) is 12.6. The molecule has 0 spiro atoms. The van der Waals surface area contributed by atoms with Crippen molar-refractivity contribution in [1.82, 2.24) is 5.32 Å². The summed E-state index contributed by atoms with van der Waals surface area (Å²) in [6.45, 7) is 2.73. The van der Waals surface area contributed by atoms with E-state index in [2.05, 4.69) is 12.2 Å². The van der Waals surface area contributed by atoms with Crippen LogP contribution in [-0.4, -0.2) is 5.11 Å². The van der Waals surface area contributed by atoms with Gasteiger partial charge < -0.3 is 10.4 Å². The quantitative estimate of drug-likeness (QED) is 0.865. The molecule has 2 rings (SSSR count). The van der Waals surface area contributed by atoms with Gasteiger partial charge in [-0.15, -0.1) is 0 Å². The molecule has 0 saturated heterocycles. The summed E-state index contributed by atoms with van der Waals surface area (Å²) in [5.41, 5.74) is 2.15. The van der Waals surface area contributed by atoms with Crippen molar-refractivity contribution in [2.45, 2.75) is 19.5 Å². The molecule has 0 fully saturated rings. The molecule has 0 radical (unpaired) electrons. The second-order valence-electron chi connectivity index (χ2n) is 4.32. The van der Waals surface area contributed by atoms with Crippen molar-refractivity contribution in [3.63, 3.8) is 0 Å². The Morgan fingerprint density at radius 2 is 1.67 bits per heavy atom. The summed E-state index contributed by atoms with van der Waals surface area (Å²) in [6.07, 6.45) is 0. The topological polar surface area (TPSA) is 32.3 Å². The maximum atomic E-state index is 12.7. The van der Waals surface area contributed by atoms with E-state index in [-0.39, 0.29) is 17.6 Å². The van der Waals surface area contributed by atoms with Crippen LogP contribution in [0, 0.1) is 5.82 Å². The Balaban J connectivity index is 1.93. The molecule has 94 valence electrons. The van der Waals surface area contributed by atoms with Crippen molar-refractivity contribution >= 4 is 0 Å². The molecule has 0 amide bonds. The van der Waals surface area contributed by atoms with E-state index in [0.717, 1.165) is 11.1 Å². The molecule has 2 aromatic carbocycles. The van der Waals surface area contributed by atoms with Crippen molar-refractivity contribution in [1.29, 1.82) is 0 Å². The van der Waals surface area contributed by atoms with Gasteiger partial charge in [0, 0.05) is 12.6 Å². The lowest BCUT2D eigenvalue weighted by atomic mass is 10.1. The van der Waals surface area contributed by atoms with Crippen LogP contribution in [0.25, 0.3) is 0 Å². The van der Waals surface area contributed by atoms with Crippen molar-refractivity contribution < 1.29 is 9.50 Å². The Labute approximate surface area is 106 Å². The molecule has 18 heavy (non-hydrogen) atoms. The summed E-state index contributed by atoms with van der Waals surface area (Å²) >= 11 is 0. The minimum Gasteiger partial charge on any atom is -0.508 e. The second-order valence-corrected chi connectivity index (χ2v) is 4.32. The number of rotatable bonds is 4. The Hall–Kier alpha value is -1.87. The third-order valence-corrected chi connectivity index (χ3v) is 2.92. The number of hydrogen-bond donors (Lipinski definition) is 2. The maximum absolute atomic E-state index is 12.7. The van der Waals surface area contributed by atoms with E-state index in [1.54, 1.807) is 24.3 Å². The predicted molar refractivity (Wildman–Crippen MR) is 69.8 cm³/mol. The number of halogens is 1. The molecule has 0 bridgehead atoms. The van der Waals surface area contributed by atoms with E-state index in [9.17, 15) is 9.50 Å². The van der Waals surface area contributed by atoms with Gasteiger partial charge >= 0.3 is 0 Å². The molecule has 3 heteroatoms. The summed E-state index contributed by atoms with van der Waals surface area (Å²) in [6, 6.07) is 13.8. The zero-order valence-electron chi connectivity index (χ0n) is 10.2. The molecule has 0 aliphatic heterocycles. The lowest BCUT2D eigenvalue weighted by Crippen LogP contribution is -2.17. The SMILES string of the molecule is CC(NCc1ccc(F)cc1)c1ccc(O)cc1. The van der Waals surface area contributed by atoms with Crippen LogP contribution in [-0.2, 0) is 6.54 Å². The molecule has 2 aromatic rings. The predicted octanol–water partition coefficient (Wildman–Crippen LogP) is 3.38. The van der Waals surface area contributed by atoms with Crippen molar-refractivity contribution in [3.05, 3.63) is 65.5 Å². The molecule has 0 saturated carbocycles. The fraction of sp³-hybridized carbons (Fsp3) is 0.200. The normalized spacial score (nSPS) is 12.3. The van der Waals surface area contributed by atoms with Gasteiger partial charge in [-0.2, -0.15) is 0 Å². The molecule has 0 aromatic heterocycles. The van der Waals surface area contributed by atoms with Crippen LogP contribution in [0.2, 0.25) is 0 Å². The minimum atomic E-state index is -0.217. The Morgan fingerprint density at radius 1 is 1.06 bits per heavy atom. The van der Waals surface area contributed by atoms with Gasteiger partial charge in [-0.05, 0) is 42.3 Å². The van der Waals surface area contributed by atoms with Crippen molar-refractivity contribution in [2.24, 2.45) is 0 Å². The highest BCUT2D eigenvalue weighted by Crippen LogP contribution is 2.16. The maximum Gasteiger partial charge on any atom is 0.123 e. The van der Waals surface area contributed by atoms with Crippen LogP contribution in [0.5, 0.6) is 5.75 Å². The van der Waals surface area contributed by atoms with E-state index >= 15 is 0 Å². The summed E-state index contributed by atoms with van der Waals surface area (Å²) < 4.78 is 12.7. The van der Waals surface area contributed by atoms with Gasteiger partial charge in [0.1, 0.15) is 11.6 Å².